The van der Waals surface area contributed by atoms with Gasteiger partial charge in [0.15, 0.2) is 0 Å². The molecule has 0 atom stereocenters. The van der Waals surface area contributed by atoms with Gasteiger partial charge in [0.2, 0.25) is 5.56 Å². The number of nitrogens with one attached hydrogen (secondary N) is 1. The van der Waals surface area contributed by atoms with Gasteiger partial charge in [0, 0.05) is 22.0 Å². The number of H-pyrrole nitrogens is 1. The average Bonchev–Trinajstić information content (AvgIpc) is 2.29. The number of carbonyl (C=O) groups is 1. The topological polar surface area (TPSA) is 59.2 Å². The number of aromatic amines is 1. The van der Waals surface area contributed by atoms with Gasteiger partial charge in [0.25, 0.3) is 0 Å². The van der Waals surface area contributed by atoms with Crippen molar-refractivity contribution in [1.29, 1.82) is 0 Å². The predicted octanol–water partition coefficient (Wildman–Crippen LogP) is 2.36. The van der Waals surface area contributed by atoms with Crippen LogP contribution in [0.1, 0.15) is 17.3 Å². The van der Waals surface area contributed by atoms with Gasteiger partial charge in [-0.25, -0.2) is 4.79 Å². The van der Waals surface area contributed by atoms with Crippen LogP contribution < -0.4 is 5.56 Å². The third kappa shape index (κ3) is 2.31. The number of halogens is 1. The lowest BCUT2D eigenvalue weighted by Crippen LogP contribution is -2.12. The number of pyridine rings is 1. The molecule has 2 rings (SSSR count). The third-order valence-corrected chi connectivity index (χ3v) is 2.54. The lowest BCUT2D eigenvalue weighted by molar-refractivity contribution is 0.0528. The maximum Gasteiger partial charge on any atom is 0.339 e. The van der Waals surface area contributed by atoms with Crippen LogP contribution in [0.3, 0.4) is 0 Å². The van der Waals surface area contributed by atoms with Crippen LogP contribution in [0.2, 0.25) is 5.02 Å². The molecule has 0 aliphatic carbocycles. The highest BCUT2D eigenvalue weighted by Gasteiger charge is 2.12. The van der Waals surface area contributed by atoms with E-state index in [1.807, 2.05) is 0 Å². The highest BCUT2D eigenvalue weighted by atomic mass is 35.5. The van der Waals surface area contributed by atoms with Crippen LogP contribution in [0.5, 0.6) is 0 Å². The van der Waals surface area contributed by atoms with Crippen LogP contribution >= 0.6 is 11.6 Å². The van der Waals surface area contributed by atoms with E-state index >= 15 is 0 Å². The van der Waals surface area contributed by atoms with Crippen LogP contribution in [0.15, 0.2) is 29.1 Å². The van der Waals surface area contributed by atoms with Gasteiger partial charge in [-0.05, 0) is 25.1 Å². The number of esters is 1. The summed E-state index contributed by atoms with van der Waals surface area (Å²) in [6.45, 7) is 1.97. The van der Waals surface area contributed by atoms with Crippen molar-refractivity contribution in [3.63, 3.8) is 0 Å². The smallest absolute Gasteiger partial charge is 0.339 e. The zero-order valence-corrected chi connectivity index (χ0v) is 9.88. The Hall–Kier alpha value is -1.81. The molecule has 0 amide bonds. The fourth-order valence-electron chi connectivity index (χ4n) is 1.60. The van der Waals surface area contributed by atoms with E-state index in [0.717, 1.165) is 0 Å². The largest absolute Gasteiger partial charge is 0.462 e. The first kappa shape index (κ1) is 11.7. The van der Waals surface area contributed by atoms with Gasteiger partial charge in [-0.3, -0.25) is 4.79 Å². The van der Waals surface area contributed by atoms with E-state index < -0.39 is 5.97 Å². The molecule has 0 fully saturated rings. The van der Waals surface area contributed by atoms with Crippen LogP contribution in [0.25, 0.3) is 10.9 Å². The Kier molecular flexibility index (Phi) is 3.15. The molecule has 0 radical (unpaired) electrons. The second-order valence-electron chi connectivity index (χ2n) is 3.46. The molecule has 88 valence electrons. The van der Waals surface area contributed by atoms with E-state index in [1.54, 1.807) is 25.1 Å². The normalized spacial score (nSPS) is 10.5. The lowest BCUT2D eigenvalue weighted by Gasteiger charge is -2.05. The molecule has 0 saturated carbocycles. The zero-order chi connectivity index (χ0) is 12.4. The summed E-state index contributed by atoms with van der Waals surface area (Å²) in [6, 6.07) is 6.15. The summed E-state index contributed by atoms with van der Waals surface area (Å²) in [6.07, 6.45) is 0. The molecule has 5 heteroatoms. The molecule has 0 aliphatic rings. The standard InChI is InChI=1S/C12H10ClNO3/c1-2-17-12(16)9-6-11(15)14-10-4-3-7(13)5-8(9)10/h3-6H,2H2,1H3,(H,14,15). The molecule has 2 aromatic rings. The SMILES string of the molecule is CCOC(=O)c1cc(=O)[nH]c2ccc(Cl)cc12. The van der Waals surface area contributed by atoms with E-state index in [-0.39, 0.29) is 17.7 Å². The van der Waals surface area contributed by atoms with Crippen molar-refractivity contribution >= 4 is 28.5 Å². The summed E-state index contributed by atoms with van der Waals surface area (Å²) < 4.78 is 4.90. The first-order chi connectivity index (χ1) is 8.11. The Balaban J connectivity index is 2.71. The molecule has 1 N–H and O–H groups in total. The summed E-state index contributed by atoms with van der Waals surface area (Å²) in [5.74, 6) is -0.522. The second-order valence-corrected chi connectivity index (χ2v) is 3.89. The van der Waals surface area contributed by atoms with Crippen molar-refractivity contribution in [2.45, 2.75) is 6.92 Å². The molecule has 0 aliphatic heterocycles. The minimum Gasteiger partial charge on any atom is -0.462 e. The Morgan fingerprint density at radius 2 is 2.18 bits per heavy atom. The molecule has 0 bridgehead atoms. The summed E-state index contributed by atoms with van der Waals surface area (Å²) >= 11 is 5.87. The average molecular weight is 252 g/mol. The predicted molar refractivity (Wildman–Crippen MR) is 65.5 cm³/mol. The van der Waals surface area contributed by atoms with Crippen LogP contribution in [0.4, 0.5) is 0 Å². The monoisotopic (exact) mass is 251 g/mol. The second kappa shape index (κ2) is 4.59. The summed E-state index contributed by atoms with van der Waals surface area (Å²) in [4.78, 5) is 25.7. The molecule has 1 heterocycles. The molecule has 1 aromatic carbocycles. The van der Waals surface area contributed by atoms with E-state index in [1.165, 1.54) is 6.07 Å². The number of hydrogen-bond acceptors (Lipinski definition) is 3. The van der Waals surface area contributed by atoms with Gasteiger partial charge >= 0.3 is 5.97 Å². The van der Waals surface area contributed by atoms with E-state index in [4.69, 9.17) is 16.3 Å². The maximum absolute atomic E-state index is 11.7. The summed E-state index contributed by atoms with van der Waals surface area (Å²) in [5, 5.41) is 1.07. The van der Waals surface area contributed by atoms with E-state index in [2.05, 4.69) is 4.98 Å². The highest BCUT2D eigenvalue weighted by Crippen LogP contribution is 2.20. The Morgan fingerprint density at radius 1 is 1.41 bits per heavy atom. The fourth-order valence-corrected chi connectivity index (χ4v) is 1.78. The number of benzene rings is 1. The van der Waals surface area contributed by atoms with Gasteiger partial charge in [-0.2, -0.15) is 0 Å². The van der Waals surface area contributed by atoms with Crippen LogP contribution in [0, 0.1) is 0 Å². The molecule has 1 aromatic heterocycles. The molecular weight excluding hydrogens is 242 g/mol. The number of ether oxygens (including phenoxy) is 1. The van der Waals surface area contributed by atoms with Gasteiger partial charge in [-0.1, -0.05) is 11.6 Å². The van der Waals surface area contributed by atoms with E-state index in [9.17, 15) is 9.59 Å². The molecule has 4 nitrogen and oxygen atoms in total. The lowest BCUT2D eigenvalue weighted by atomic mass is 10.1. The Bertz CT molecular complexity index is 633. The number of aromatic nitrogens is 1. The van der Waals surface area contributed by atoms with Crippen molar-refractivity contribution in [2.75, 3.05) is 6.61 Å². The number of rotatable bonds is 2. The minimum atomic E-state index is -0.522. The number of carbonyl (C=O) groups excluding carboxylic acids is 1. The summed E-state index contributed by atoms with van der Waals surface area (Å²) in [7, 11) is 0. The van der Waals surface area contributed by atoms with Crippen molar-refractivity contribution in [2.24, 2.45) is 0 Å². The van der Waals surface area contributed by atoms with Crippen molar-refractivity contribution in [3.8, 4) is 0 Å². The van der Waals surface area contributed by atoms with Crippen molar-refractivity contribution < 1.29 is 9.53 Å². The third-order valence-electron chi connectivity index (χ3n) is 2.30. The maximum atomic E-state index is 11.7. The molecule has 0 spiro atoms. The van der Waals surface area contributed by atoms with Crippen molar-refractivity contribution in [1.82, 2.24) is 4.98 Å². The first-order valence-corrected chi connectivity index (χ1v) is 5.49. The fraction of sp³-hybridized carbons (Fsp3) is 0.167. The minimum absolute atomic E-state index is 0.230. The van der Waals surface area contributed by atoms with Crippen molar-refractivity contribution in [3.05, 3.63) is 45.2 Å². The van der Waals surface area contributed by atoms with Gasteiger partial charge in [0.1, 0.15) is 0 Å². The number of hydrogen-bond donors (Lipinski definition) is 1. The van der Waals surface area contributed by atoms with Crippen LogP contribution in [-0.4, -0.2) is 17.6 Å². The van der Waals surface area contributed by atoms with E-state index in [0.29, 0.717) is 15.9 Å². The quantitative estimate of drug-likeness (QED) is 0.834. The Morgan fingerprint density at radius 3 is 2.88 bits per heavy atom. The first-order valence-electron chi connectivity index (χ1n) is 5.11. The number of fused-ring (bicyclic) bond motifs is 1. The molecular formula is C12H10ClNO3. The van der Waals surface area contributed by atoms with Gasteiger partial charge < -0.3 is 9.72 Å². The summed E-state index contributed by atoms with van der Waals surface area (Å²) in [5.41, 5.74) is 0.445. The zero-order valence-electron chi connectivity index (χ0n) is 9.12. The highest BCUT2D eigenvalue weighted by molar-refractivity contribution is 6.31. The Labute approximate surface area is 102 Å². The van der Waals surface area contributed by atoms with Gasteiger partial charge in [0.05, 0.1) is 12.2 Å². The molecule has 0 saturated heterocycles. The van der Waals surface area contributed by atoms with Crippen LogP contribution in [-0.2, 0) is 4.74 Å². The molecule has 0 unspecified atom stereocenters. The van der Waals surface area contributed by atoms with Gasteiger partial charge in [-0.15, -0.1) is 0 Å². The molecule has 17 heavy (non-hydrogen) atoms.